The van der Waals surface area contributed by atoms with Crippen LogP contribution in [0.5, 0.6) is 0 Å². The molecule has 1 aliphatic heterocycles. The number of fused-ring (bicyclic) bond motifs is 1. The van der Waals surface area contributed by atoms with Gasteiger partial charge in [-0.25, -0.2) is 18.7 Å². The summed E-state index contributed by atoms with van der Waals surface area (Å²) in [6.45, 7) is 0.382. The molecule has 1 fully saturated rings. The molecule has 3 heterocycles. The minimum Gasteiger partial charge on any atom is -0.306 e. The van der Waals surface area contributed by atoms with Crippen LogP contribution in [0.15, 0.2) is 73.1 Å². The van der Waals surface area contributed by atoms with Crippen LogP contribution in [0.4, 0.5) is 14.9 Å². The number of nitrogens with zero attached hydrogens (tertiary/aromatic N) is 4. The van der Waals surface area contributed by atoms with E-state index in [2.05, 4.69) is 27.2 Å². The van der Waals surface area contributed by atoms with Gasteiger partial charge in [-0.1, -0.05) is 24.1 Å². The minimum absolute atomic E-state index is 0.345. The third-order valence-corrected chi connectivity index (χ3v) is 5.06. The molecule has 2 amide bonds. The highest BCUT2D eigenvalue weighted by molar-refractivity contribution is 5.89. The second kappa shape index (κ2) is 8.49. The maximum absolute atomic E-state index is 13.6. The third-order valence-electron chi connectivity index (χ3n) is 5.06. The van der Waals surface area contributed by atoms with Gasteiger partial charge in [0.1, 0.15) is 11.5 Å². The van der Waals surface area contributed by atoms with E-state index in [1.54, 1.807) is 47.2 Å². The maximum atomic E-state index is 13.6. The normalized spacial score (nSPS) is 15.4. The SMILES string of the molecule is O=C(Nc1cccc(C#Cc2cnc3cccnn23)c1)N1OCC[C@H]1c1cccc(F)c1. The summed E-state index contributed by atoms with van der Waals surface area (Å²) in [5.74, 6) is 5.79. The summed E-state index contributed by atoms with van der Waals surface area (Å²) in [6, 6.07) is 16.3. The molecule has 1 N–H and O–H groups in total. The van der Waals surface area contributed by atoms with Gasteiger partial charge in [-0.2, -0.15) is 10.2 Å². The van der Waals surface area contributed by atoms with Crippen molar-refractivity contribution in [2.75, 3.05) is 11.9 Å². The van der Waals surface area contributed by atoms with Gasteiger partial charge in [0, 0.05) is 23.9 Å². The predicted octanol–water partition coefficient (Wildman–Crippen LogP) is 4.18. The molecule has 7 nitrogen and oxygen atoms in total. The van der Waals surface area contributed by atoms with Crippen molar-refractivity contribution in [3.8, 4) is 11.8 Å². The van der Waals surface area contributed by atoms with Crippen LogP contribution in [0.2, 0.25) is 0 Å². The number of carbonyl (C=O) groups excluding carboxylic acids is 1. The van der Waals surface area contributed by atoms with Gasteiger partial charge in [0.05, 0.1) is 18.8 Å². The number of hydrogen-bond donors (Lipinski definition) is 1. The van der Waals surface area contributed by atoms with E-state index in [9.17, 15) is 9.18 Å². The number of benzene rings is 2. The molecular weight excluding hydrogens is 409 g/mol. The Kier molecular flexibility index (Phi) is 5.24. The van der Waals surface area contributed by atoms with Gasteiger partial charge in [-0.15, -0.1) is 0 Å². The number of imidazole rings is 1. The van der Waals surface area contributed by atoms with E-state index in [0.717, 1.165) is 11.2 Å². The first kappa shape index (κ1) is 19.7. The van der Waals surface area contributed by atoms with Gasteiger partial charge < -0.3 is 5.32 Å². The van der Waals surface area contributed by atoms with E-state index in [-0.39, 0.29) is 11.9 Å². The summed E-state index contributed by atoms with van der Waals surface area (Å²) < 4.78 is 15.3. The van der Waals surface area contributed by atoms with E-state index < -0.39 is 6.03 Å². The molecule has 2 aromatic carbocycles. The van der Waals surface area contributed by atoms with Crippen molar-refractivity contribution < 1.29 is 14.0 Å². The second-order valence-electron chi connectivity index (χ2n) is 7.22. The van der Waals surface area contributed by atoms with Crippen LogP contribution >= 0.6 is 0 Å². The Morgan fingerprint density at radius 1 is 1.12 bits per heavy atom. The Hall–Kier alpha value is -4.22. The number of amides is 2. The molecule has 8 heteroatoms. The van der Waals surface area contributed by atoms with Gasteiger partial charge in [0.25, 0.3) is 0 Å². The average Bonchev–Trinajstić information content (AvgIpc) is 3.46. The van der Waals surface area contributed by atoms with E-state index in [0.29, 0.717) is 30.0 Å². The standard InChI is InChI=1S/C24H18FN5O2/c25-19-6-2-5-18(15-19)22-11-13-32-30(22)24(31)28-20-7-1-4-17(14-20)9-10-21-16-26-23-8-3-12-27-29(21)23/h1-8,12,14-16,22H,11,13H2,(H,28,31)/t22-/m0/s1. The largest absolute Gasteiger partial charge is 0.346 e. The summed E-state index contributed by atoms with van der Waals surface area (Å²) in [4.78, 5) is 22.6. The minimum atomic E-state index is -0.423. The first-order chi connectivity index (χ1) is 15.7. The van der Waals surface area contributed by atoms with Crippen LogP contribution in [0.1, 0.15) is 29.3 Å². The first-order valence-electron chi connectivity index (χ1n) is 10.1. The summed E-state index contributed by atoms with van der Waals surface area (Å²) in [5.41, 5.74) is 3.37. The van der Waals surface area contributed by atoms with Crippen molar-refractivity contribution in [2.24, 2.45) is 0 Å². The molecule has 32 heavy (non-hydrogen) atoms. The Bertz CT molecular complexity index is 1360. The van der Waals surface area contributed by atoms with Crippen molar-refractivity contribution in [2.45, 2.75) is 12.5 Å². The zero-order chi connectivity index (χ0) is 21.9. The molecular formula is C24H18FN5O2. The Labute approximate surface area is 183 Å². The van der Waals surface area contributed by atoms with Gasteiger partial charge in [0.2, 0.25) is 0 Å². The fourth-order valence-electron chi connectivity index (χ4n) is 3.59. The second-order valence-corrected chi connectivity index (χ2v) is 7.22. The number of hydroxylamine groups is 2. The third kappa shape index (κ3) is 4.02. The Morgan fingerprint density at radius 2 is 2.03 bits per heavy atom. The lowest BCUT2D eigenvalue weighted by atomic mass is 10.0. The highest BCUT2D eigenvalue weighted by Crippen LogP contribution is 2.31. The molecule has 1 atom stereocenters. The lowest BCUT2D eigenvalue weighted by molar-refractivity contribution is -0.0830. The molecule has 1 aliphatic rings. The lowest BCUT2D eigenvalue weighted by Crippen LogP contribution is -2.33. The van der Waals surface area contributed by atoms with Crippen molar-refractivity contribution in [3.63, 3.8) is 0 Å². The molecule has 5 rings (SSSR count). The zero-order valence-electron chi connectivity index (χ0n) is 16.9. The number of aromatic nitrogens is 3. The predicted molar refractivity (Wildman–Crippen MR) is 116 cm³/mol. The summed E-state index contributed by atoms with van der Waals surface area (Å²) in [6.07, 6.45) is 3.93. The van der Waals surface area contributed by atoms with Gasteiger partial charge in [-0.05, 0) is 53.9 Å². The molecule has 0 saturated carbocycles. The van der Waals surface area contributed by atoms with Gasteiger partial charge in [-0.3, -0.25) is 4.84 Å². The van der Waals surface area contributed by atoms with Crippen LogP contribution in [-0.2, 0) is 4.84 Å². The molecule has 1 saturated heterocycles. The topological polar surface area (TPSA) is 71.8 Å². The Morgan fingerprint density at radius 3 is 2.94 bits per heavy atom. The molecule has 0 radical (unpaired) electrons. The van der Waals surface area contributed by atoms with Crippen LogP contribution < -0.4 is 5.32 Å². The van der Waals surface area contributed by atoms with Crippen LogP contribution in [0.3, 0.4) is 0 Å². The monoisotopic (exact) mass is 427 g/mol. The highest BCUT2D eigenvalue weighted by Gasteiger charge is 2.32. The molecule has 2 aromatic heterocycles. The van der Waals surface area contributed by atoms with Gasteiger partial charge in [0.15, 0.2) is 5.65 Å². The highest BCUT2D eigenvalue weighted by atomic mass is 19.1. The number of anilines is 1. The fourth-order valence-corrected chi connectivity index (χ4v) is 3.59. The Balaban J connectivity index is 1.32. The molecule has 0 aliphatic carbocycles. The smallest absolute Gasteiger partial charge is 0.306 e. The lowest BCUT2D eigenvalue weighted by Gasteiger charge is -2.23. The summed E-state index contributed by atoms with van der Waals surface area (Å²) in [5, 5.41) is 8.34. The van der Waals surface area contributed by atoms with Crippen molar-refractivity contribution >= 4 is 17.4 Å². The number of nitrogens with one attached hydrogen (secondary N) is 1. The molecule has 0 bridgehead atoms. The molecule has 158 valence electrons. The number of rotatable bonds is 2. The zero-order valence-corrected chi connectivity index (χ0v) is 16.9. The van der Waals surface area contributed by atoms with Crippen molar-refractivity contribution in [1.29, 1.82) is 0 Å². The summed E-state index contributed by atoms with van der Waals surface area (Å²) in [7, 11) is 0. The quantitative estimate of drug-likeness (QED) is 0.487. The average molecular weight is 427 g/mol. The summed E-state index contributed by atoms with van der Waals surface area (Å²) >= 11 is 0. The maximum Gasteiger partial charge on any atom is 0.346 e. The number of carbonyl (C=O) groups is 1. The molecule has 4 aromatic rings. The van der Waals surface area contributed by atoms with Crippen LogP contribution in [0, 0.1) is 17.7 Å². The fraction of sp³-hybridized carbons (Fsp3) is 0.125. The van der Waals surface area contributed by atoms with Crippen LogP contribution in [0.25, 0.3) is 5.65 Å². The van der Waals surface area contributed by atoms with E-state index in [4.69, 9.17) is 4.84 Å². The van der Waals surface area contributed by atoms with E-state index >= 15 is 0 Å². The number of halogens is 1. The number of hydrogen-bond acceptors (Lipinski definition) is 4. The number of urea groups is 1. The van der Waals surface area contributed by atoms with Crippen LogP contribution in [-0.4, -0.2) is 32.3 Å². The first-order valence-corrected chi connectivity index (χ1v) is 10.1. The van der Waals surface area contributed by atoms with Gasteiger partial charge >= 0.3 is 6.03 Å². The van der Waals surface area contributed by atoms with E-state index in [1.165, 1.54) is 17.2 Å². The van der Waals surface area contributed by atoms with E-state index in [1.807, 2.05) is 18.2 Å². The van der Waals surface area contributed by atoms with Crippen molar-refractivity contribution in [1.82, 2.24) is 19.7 Å². The molecule has 0 spiro atoms. The van der Waals surface area contributed by atoms with Crippen molar-refractivity contribution in [3.05, 3.63) is 95.7 Å². The molecule has 0 unspecified atom stereocenters.